The molecule has 2 N–H and O–H groups in total. The van der Waals surface area contributed by atoms with E-state index in [2.05, 4.69) is 5.32 Å². The molecule has 4 aliphatic carbocycles. The maximum absolute atomic E-state index is 12.8. The van der Waals surface area contributed by atoms with Crippen molar-refractivity contribution < 1.29 is 9.90 Å². The molecule has 2 atom stereocenters. The number of amides is 1. The summed E-state index contributed by atoms with van der Waals surface area (Å²) in [5.74, 6) is 1.26. The largest absolute Gasteiger partial charge is 0.390 e. The first-order valence-electron chi connectivity index (χ1n) is 8.72. The quantitative estimate of drug-likeness (QED) is 0.888. The number of aliphatic hydroxyl groups is 1. The highest BCUT2D eigenvalue weighted by Crippen LogP contribution is 2.61. The van der Waals surface area contributed by atoms with E-state index in [9.17, 15) is 9.90 Å². The monoisotopic (exact) mass is 333 g/mol. The Bertz CT molecular complexity index is 598. The fourth-order valence-corrected chi connectivity index (χ4v) is 5.76. The van der Waals surface area contributed by atoms with E-state index in [1.54, 1.807) is 0 Å². The topological polar surface area (TPSA) is 49.3 Å². The summed E-state index contributed by atoms with van der Waals surface area (Å²) in [6.07, 6.45) is 6.45. The molecule has 0 saturated heterocycles. The number of hydrogen-bond acceptors (Lipinski definition) is 2. The van der Waals surface area contributed by atoms with Gasteiger partial charge in [0.15, 0.2) is 0 Å². The van der Waals surface area contributed by atoms with E-state index in [0.29, 0.717) is 24.8 Å². The number of benzene rings is 1. The number of carbonyl (C=O) groups excluding carboxylic acids is 1. The zero-order chi connectivity index (χ0) is 16.1. The van der Waals surface area contributed by atoms with Crippen LogP contribution in [0.25, 0.3) is 0 Å². The fraction of sp³-hybridized carbons (Fsp3) is 0.632. The third-order valence-corrected chi connectivity index (χ3v) is 6.38. The smallest absolute Gasteiger partial charge is 0.226 e. The van der Waals surface area contributed by atoms with E-state index in [1.165, 1.54) is 12.0 Å². The van der Waals surface area contributed by atoms with E-state index < -0.39 is 5.60 Å². The van der Waals surface area contributed by atoms with Gasteiger partial charge in [-0.05, 0) is 74.5 Å². The standard InChI is InChI=1S/C19H24ClNO2/c20-16-3-1-13(2-4-16)5-6-21-17(22)18-8-14-7-15(9-18)11-19(23,10-14)12-18/h1-4,14-15,23H,5-12H2,(H,21,22)/t14-,15-,18?,19?/m1/s1. The van der Waals surface area contributed by atoms with Crippen molar-refractivity contribution in [1.82, 2.24) is 5.32 Å². The molecule has 4 saturated carbocycles. The van der Waals surface area contributed by atoms with Gasteiger partial charge in [-0.3, -0.25) is 4.79 Å². The van der Waals surface area contributed by atoms with Gasteiger partial charge >= 0.3 is 0 Å². The number of carbonyl (C=O) groups is 1. The van der Waals surface area contributed by atoms with Crippen LogP contribution in [0, 0.1) is 17.3 Å². The average molecular weight is 334 g/mol. The molecule has 3 nitrogen and oxygen atoms in total. The highest BCUT2D eigenvalue weighted by molar-refractivity contribution is 6.30. The van der Waals surface area contributed by atoms with Crippen LogP contribution < -0.4 is 5.32 Å². The van der Waals surface area contributed by atoms with Crippen molar-refractivity contribution in [3.63, 3.8) is 0 Å². The zero-order valence-corrected chi connectivity index (χ0v) is 14.1. The average Bonchev–Trinajstić information content (AvgIpc) is 2.46. The summed E-state index contributed by atoms with van der Waals surface area (Å²) < 4.78 is 0. The predicted octanol–water partition coefficient (Wildman–Crippen LogP) is 3.33. The molecule has 124 valence electrons. The van der Waals surface area contributed by atoms with Crippen LogP contribution in [-0.2, 0) is 11.2 Å². The summed E-state index contributed by atoms with van der Waals surface area (Å²) in [6, 6.07) is 7.77. The molecule has 5 rings (SSSR count). The summed E-state index contributed by atoms with van der Waals surface area (Å²) in [5, 5.41) is 14.6. The molecule has 0 unspecified atom stereocenters. The second-order valence-corrected chi connectivity index (χ2v) is 8.53. The lowest BCUT2D eigenvalue weighted by Crippen LogP contribution is -2.60. The Labute approximate surface area is 142 Å². The van der Waals surface area contributed by atoms with E-state index in [1.807, 2.05) is 24.3 Å². The summed E-state index contributed by atoms with van der Waals surface area (Å²) in [6.45, 7) is 0.649. The maximum atomic E-state index is 12.8. The van der Waals surface area contributed by atoms with Gasteiger partial charge in [0.25, 0.3) is 0 Å². The molecule has 0 heterocycles. The molecule has 4 fully saturated rings. The van der Waals surface area contributed by atoms with E-state index in [-0.39, 0.29) is 11.3 Å². The van der Waals surface area contributed by atoms with Crippen LogP contribution in [0.4, 0.5) is 0 Å². The molecule has 1 aromatic rings. The SMILES string of the molecule is O=C(NCCc1ccc(Cl)cc1)C12C[C@H]3C[C@@H](CC(O)(C3)C1)C2. The molecule has 0 aliphatic heterocycles. The van der Waals surface area contributed by atoms with E-state index >= 15 is 0 Å². The van der Waals surface area contributed by atoms with Crippen LogP contribution in [0.2, 0.25) is 5.02 Å². The summed E-state index contributed by atoms with van der Waals surface area (Å²) in [5.41, 5.74) is 0.301. The van der Waals surface area contributed by atoms with Crippen LogP contribution in [-0.4, -0.2) is 23.2 Å². The Morgan fingerprint density at radius 1 is 1.17 bits per heavy atom. The van der Waals surface area contributed by atoms with Gasteiger partial charge in [0, 0.05) is 11.6 Å². The Kier molecular flexibility index (Phi) is 3.69. The Balaban J connectivity index is 1.38. The molecule has 4 heteroatoms. The second-order valence-electron chi connectivity index (χ2n) is 8.10. The maximum Gasteiger partial charge on any atom is 0.226 e. The first kappa shape index (κ1) is 15.5. The minimum atomic E-state index is -0.572. The third-order valence-electron chi connectivity index (χ3n) is 6.12. The molecule has 4 bridgehead atoms. The molecule has 0 aromatic heterocycles. The molecule has 0 spiro atoms. The van der Waals surface area contributed by atoms with Crippen molar-refractivity contribution in [2.75, 3.05) is 6.54 Å². The van der Waals surface area contributed by atoms with Gasteiger partial charge in [-0.15, -0.1) is 0 Å². The van der Waals surface area contributed by atoms with Gasteiger partial charge in [-0.1, -0.05) is 23.7 Å². The van der Waals surface area contributed by atoms with Crippen LogP contribution >= 0.6 is 11.6 Å². The molecule has 0 radical (unpaired) electrons. The lowest BCUT2D eigenvalue weighted by molar-refractivity contribution is -0.178. The highest BCUT2D eigenvalue weighted by Gasteiger charge is 2.59. The van der Waals surface area contributed by atoms with Crippen molar-refractivity contribution in [3.8, 4) is 0 Å². The van der Waals surface area contributed by atoms with Gasteiger partial charge in [0.1, 0.15) is 0 Å². The lowest BCUT2D eigenvalue weighted by Gasteiger charge is -2.59. The van der Waals surface area contributed by atoms with E-state index in [4.69, 9.17) is 11.6 Å². The van der Waals surface area contributed by atoms with Crippen LogP contribution in [0.15, 0.2) is 24.3 Å². The number of nitrogens with one attached hydrogen (secondary N) is 1. The first-order chi connectivity index (χ1) is 11.0. The van der Waals surface area contributed by atoms with Crippen LogP contribution in [0.1, 0.15) is 44.1 Å². The van der Waals surface area contributed by atoms with Crippen LogP contribution in [0.3, 0.4) is 0 Å². The third kappa shape index (κ3) is 2.89. The van der Waals surface area contributed by atoms with Crippen molar-refractivity contribution in [3.05, 3.63) is 34.9 Å². The van der Waals surface area contributed by atoms with Crippen molar-refractivity contribution in [2.45, 2.75) is 50.5 Å². The molecule has 1 aromatic carbocycles. The lowest BCUT2D eigenvalue weighted by atomic mass is 9.47. The summed E-state index contributed by atoms with van der Waals surface area (Å²) in [4.78, 5) is 12.8. The Morgan fingerprint density at radius 2 is 1.83 bits per heavy atom. The fourth-order valence-electron chi connectivity index (χ4n) is 5.64. The molecule has 1 amide bonds. The minimum absolute atomic E-state index is 0.166. The van der Waals surface area contributed by atoms with Gasteiger partial charge in [0.05, 0.1) is 11.0 Å². The Morgan fingerprint density at radius 3 is 2.43 bits per heavy atom. The van der Waals surface area contributed by atoms with E-state index in [0.717, 1.165) is 37.1 Å². The summed E-state index contributed by atoms with van der Waals surface area (Å²) >= 11 is 5.89. The predicted molar refractivity (Wildman–Crippen MR) is 90.2 cm³/mol. The molecule has 23 heavy (non-hydrogen) atoms. The molecule has 4 aliphatic rings. The van der Waals surface area contributed by atoms with Gasteiger partial charge in [0.2, 0.25) is 5.91 Å². The number of hydrogen-bond donors (Lipinski definition) is 2. The van der Waals surface area contributed by atoms with Crippen molar-refractivity contribution >= 4 is 17.5 Å². The van der Waals surface area contributed by atoms with Gasteiger partial charge < -0.3 is 10.4 Å². The number of halogens is 1. The highest BCUT2D eigenvalue weighted by atomic mass is 35.5. The zero-order valence-electron chi connectivity index (χ0n) is 13.4. The van der Waals surface area contributed by atoms with Gasteiger partial charge in [-0.2, -0.15) is 0 Å². The number of rotatable bonds is 4. The minimum Gasteiger partial charge on any atom is -0.390 e. The second kappa shape index (κ2) is 5.49. The first-order valence-corrected chi connectivity index (χ1v) is 9.09. The Hall–Kier alpha value is -1.06. The summed E-state index contributed by atoms with van der Waals surface area (Å²) in [7, 11) is 0. The molecular formula is C19H24ClNO2. The normalized spacial score (nSPS) is 37.8. The van der Waals surface area contributed by atoms with Crippen LogP contribution in [0.5, 0.6) is 0 Å². The molecular weight excluding hydrogens is 310 g/mol. The van der Waals surface area contributed by atoms with Gasteiger partial charge in [-0.25, -0.2) is 0 Å². The van der Waals surface area contributed by atoms with Crippen molar-refractivity contribution in [1.29, 1.82) is 0 Å². The van der Waals surface area contributed by atoms with Crippen molar-refractivity contribution in [2.24, 2.45) is 17.3 Å².